The Balaban J connectivity index is 2.09. The number of aromatic nitrogens is 1. The van der Waals surface area contributed by atoms with Crippen molar-refractivity contribution in [2.45, 2.75) is 45.4 Å². The van der Waals surface area contributed by atoms with Crippen molar-refractivity contribution in [1.82, 2.24) is 5.16 Å². The van der Waals surface area contributed by atoms with Crippen LogP contribution in [0.5, 0.6) is 0 Å². The van der Waals surface area contributed by atoms with Gasteiger partial charge in [-0.15, -0.1) is 0 Å². The first-order chi connectivity index (χ1) is 10.0. The minimum Gasteiger partial charge on any atom is -0.360 e. The molecule has 0 saturated heterocycles. The van der Waals surface area contributed by atoms with Crippen LogP contribution in [0.25, 0.3) is 0 Å². The van der Waals surface area contributed by atoms with Gasteiger partial charge in [0, 0.05) is 10.9 Å². The molecular formula is C17H18ClNOS. The monoisotopic (exact) mass is 319 g/mol. The predicted octanol–water partition coefficient (Wildman–Crippen LogP) is 5.40. The summed E-state index contributed by atoms with van der Waals surface area (Å²) in [6.07, 6.45) is 4.09. The topological polar surface area (TPSA) is 26.0 Å². The van der Waals surface area contributed by atoms with E-state index >= 15 is 0 Å². The molecule has 0 aliphatic heterocycles. The van der Waals surface area contributed by atoms with E-state index in [1.807, 2.05) is 12.1 Å². The standard InChI is InChI=1S/C17H18ClNOS/c1-9(2)15-10(3)14(18)7-6-12(15)17(21)13-8-19-20-16(13)11-4-5-11/h6-9,11H,4-5H2,1-3H3. The van der Waals surface area contributed by atoms with Gasteiger partial charge in [-0.05, 0) is 48.4 Å². The molecule has 1 aliphatic rings. The van der Waals surface area contributed by atoms with Gasteiger partial charge in [0.1, 0.15) is 5.76 Å². The van der Waals surface area contributed by atoms with Gasteiger partial charge in [0.15, 0.2) is 0 Å². The molecule has 4 heteroatoms. The van der Waals surface area contributed by atoms with Gasteiger partial charge < -0.3 is 4.52 Å². The van der Waals surface area contributed by atoms with Crippen LogP contribution in [0.4, 0.5) is 0 Å². The second-order valence-electron chi connectivity index (χ2n) is 6.00. The molecule has 110 valence electrons. The number of rotatable bonds is 4. The quantitative estimate of drug-likeness (QED) is 0.557. The molecule has 1 fully saturated rings. The molecule has 0 N–H and O–H groups in total. The molecule has 2 aromatic rings. The average molecular weight is 320 g/mol. The summed E-state index contributed by atoms with van der Waals surface area (Å²) in [6, 6.07) is 3.95. The third kappa shape index (κ3) is 2.65. The Hall–Kier alpha value is -1.19. The van der Waals surface area contributed by atoms with E-state index in [-0.39, 0.29) is 0 Å². The molecule has 1 heterocycles. The van der Waals surface area contributed by atoms with Crippen molar-refractivity contribution in [3.05, 3.63) is 51.4 Å². The molecule has 0 spiro atoms. The van der Waals surface area contributed by atoms with Gasteiger partial charge in [-0.25, -0.2) is 0 Å². The molecule has 2 nitrogen and oxygen atoms in total. The van der Waals surface area contributed by atoms with E-state index in [2.05, 4.69) is 25.9 Å². The van der Waals surface area contributed by atoms with E-state index in [9.17, 15) is 0 Å². The van der Waals surface area contributed by atoms with Crippen LogP contribution in [-0.2, 0) is 0 Å². The summed E-state index contributed by atoms with van der Waals surface area (Å²) in [5.74, 6) is 1.81. The van der Waals surface area contributed by atoms with E-state index in [1.165, 1.54) is 18.4 Å². The fourth-order valence-electron chi connectivity index (χ4n) is 2.85. The molecule has 1 aliphatic carbocycles. The van der Waals surface area contributed by atoms with Crippen LogP contribution in [0.1, 0.15) is 66.5 Å². The minimum absolute atomic E-state index is 0.362. The zero-order valence-corrected chi connectivity index (χ0v) is 14.0. The Kier molecular flexibility index (Phi) is 3.89. The van der Waals surface area contributed by atoms with E-state index in [1.54, 1.807) is 6.20 Å². The highest BCUT2D eigenvalue weighted by Gasteiger charge is 2.32. The van der Waals surface area contributed by atoms with E-state index in [4.69, 9.17) is 28.3 Å². The maximum absolute atomic E-state index is 6.28. The highest BCUT2D eigenvalue weighted by atomic mass is 35.5. The van der Waals surface area contributed by atoms with Crippen molar-refractivity contribution in [1.29, 1.82) is 0 Å². The van der Waals surface area contributed by atoms with Crippen molar-refractivity contribution >= 4 is 28.7 Å². The highest BCUT2D eigenvalue weighted by Crippen LogP contribution is 2.42. The van der Waals surface area contributed by atoms with Crippen LogP contribution in [0.15, 0.2) is 22.9 Å². The normalized spacial score (nSPS) is 14.7. The molecule has 0 atom stereocenters. The van der Waals surface area contributed by atoms with Gasteiger partial charge in [-0.3, -0.25) is 0 Å². The molecular weight excluding hydrogens is 302 g/mol. The molecule has 1 aromatic carbocycles. The lowest BCUT2D eigenvalue weighted by Crippen LogP contribution is -2.08. The predicted molar refractivity (Wildman–Crippen MR) is 89.6 cm³/mol. The fraction of sp³-hybridized carbons (Fsp3) is 0.412. The van der Waals surface area contributed by atoms with Crippen molar-refractivity contribution in [2.75, 3.05) is 0 Å². The van der Waals surface area contributed by atoms with Gasteiger partial charge in [0.25, 0.3) is 0 Å². The zero-order valence-electron chi connectivity index (χ0n) is 12.4. The summed E-state index contributed by atoms with van der Waals surface area (Å²) in [6.45, 7) is 6.39. The van der Waals surface area contributed by atoms with Crippen molar-refractivity contribution in [2.24, 2.45) is 0 Å². The molecule has 1 aromatic heterocycles. The fourth-order valence-corrected chi connectivity index (χ4v) is 3.34. The molecule has 1 saturated carbocycles. The summed E-state index contributed by atoms with van der Waals surface area (Å²) in [5.41, 5.74) is 4.37. The van der Waals surface area contributed by atoms with Crippen LogP contribution in [-0.4, -0.2) is 10.0 Å². The van der Waals surface area contributed by atoms with Crippen LogP contribution in [0.3, 0.4) is 0 Å². The summed E-state index contributed by atoms with van der Waals surface area (Å²) in [4.78, 5) is 0.821. The molecule has 0 radical (unpaired) electrons. The second kappa shape index (κ2) is 5.54. The SMILES string of the molecule is Cc1c(Cl)ccc(C(=S)c2cnoc2C2CC2)c1C(C)C. The van der Waals surface area contributed by atoms with Crippen molar-refractivity contribution < 1.29 is 4.52 Å². The van der Waals surface area contributed by atoms with Gasteiger partial charge >= 0.3 is 0 Å². The lowest BCUT2D eigenvalue weighted by atomic mass is 9.89. The Bertz CT molecular complexity index is 701. The maximum Gasteiger partial charge on any atom is 0.148 e. The van der Waals surface area contributed by atoms with Gasteiger partial charge in [-0.1, -0.05) is 48.9 Å². The van der Waals surface area contributed by atoms with Crippen molar-refractivity contribution in [3.63, 3.8) is 0 Å². The lowest BCUT2D eigenvalue weighted by Gasteiger charge is -2.17. The average Bonchev–Trinajstić information content (AvgIpc) is 3.17. The number of thiocarbonyl (C=S) groups is 1. The Morgan fingerprint density at radius 1 is 1.33 bits per heavy atom. The Morgan fingerprint density at radius 3 is 2.67 bits per heavy atom. The minimum atomic E-state index is 0.362. The molecule has 0 unspecified atom stereocenters. The van der Waals surface area contributed by atoms with Crippen molar-refractivity contribution in [3.8, 4) is 0 Å². The first kappa shape index (κ1) is 14.7. The highest BCUT2D eigenvalue weighted by molar-refractivity contribution is 7.81. The number of benzene rings is 1. The van der Waals surface area contributed by atoms with Crippen LogP contribution in [0.2, 0.25) is 5.02 Å². The van der Waals surface area contributed by atoms with Gasteiger partial charge in [0.05, 0.1) is 16.6 Å². The van der Waals surface area contributed by atoms with Crippen LogP contribution < -0.4 is 0 Å². The van der Waals surface area contributed by atoms with Gasteiger partial charge in [0.2, 0.25) is 0 Å². The first-order valence-electron chi connectivity index (χ1n) is 7.29. The molecule has 0 bridgehead atoms. The summed E-state index contributed by atoms with van der Waals surface area (Å²) in [7, 11) is 0. The smallest absolute Gasteiger partial charge is 0.148 e. The Morgan fingerprint density at radius 2 is 2.05 bits per heavy atom. The molecule has 0 amide bonds. The van der Waals surface area contributed by atoms with Crippen LogP contribution in [0, 0.1) is 6.92 Å². The third-order valence-electron chi connectivity index (χ3n) is 4.06. The Labute approximate surface area is 135 Å². The number of nitrogens with zero attached hydrogens (tertiary/aromatic N) is 1. The number of hydrogen-bond donors (Lipinski definition) is 0. The first-order valence-corrected chi connectivity index (χ1v) is 8.07. The van der Waals surface area contributed by atoms with Crippen LogP contribution >= 0.6 is 23.8 Å². The lowest BCUT2D eigenvalue weighted by molar-refractivity contribution is 0.384. The van der Waals surface area contributed by atoms with Gasteiger partial charge in [-0.2, -0.15) is 0 Å². The molecule has 21 heavy (non-hydrogen) atoms. The van der Waals surface area contributed by atoms with E-state index in [0.29, 0.717) is 11.8 Å². The largest absolute Gasteiger partial charge is 0.360 e. The second-order valence-corrected chi connectivity index (χ2v) is 6.81. The zero-order chi connectivity index (χ0) is 15.1. The van der Waals surface area contributed by atoms with E-state index in [0.717, 1.165) is 32.3 Å². The summed E-state index contributed by atoms with van der Waals surface area (Å²) in [5, 5.41) is 4.75. The molecule has 3 rings (SSSR count). The maximum atomic E-state index is 6.28. The third-order valence-corrected chi connectivity index (χ3v) is 4.91. The number of halogens is 1. The van der Waals surface area contributed by atoms with E-state index < -0.39 is 0 Å². The summed E-state index contributed by atoms with van der Waals surface area (Å²) < 4.78 is 5.42. The number of hydrogen-bond acceptors (Lipinski definition) is 3. The summed E-state index contributed by atoms with van der Waals surface area (Å²) >= 11 is 12.0.